The van der Waals surface area contributed by atoms with Crippen molar-refractivity contribution in [3.63, 3.8) is 0 Å². The monoisotopic (exact) mass is 355 g/mol. The molecule has 4 heteroatoms. The lowest BCUT2D eigenvalue weighted by molar-refractivity contribution is 0.0951. The van der Waals surface area contributed by atoms with Crippen LogP contribution in [-0.4, -0.2) is 53.2 Å². The minimum absolute atomic E-state index is 0.210. The minimum atomic E-state index is -0.210. The lowest BCUT2D eigenvalue weighted by Crippen LogP contribution is -2.50. The zero-order valence-electron chi connectivity index (χ0n) is 15.9. The van der Waals surface area contributed by atoms with Crippen molar-refractivity contribution in [3.8, 4) is 0 Å². The molecule has 142 valence electrons. The van der Waals surface area contributed by atoms with Gasteiger partial charge in [0, 0.05) is 44.3 Å². The van der Waals surface area contributed by atoms with Crippen molar-refractivity contribution in [2.24, 2.45) is 0 Å². The van der Waals surface area contributed by atoms with E-state index in [0.717, 1.165) is 63.0 Å². The van der Waals surface area contributed by atoms with Crippen LogP contribution in [0.1, 0.15) is 49.7 Å². The molecule has 0 aromatic heterocycles. The van der Waals surface area contributed by atoms with E-state index in [4.69, 9.17) is 0 Å². The molecule has 1 saturated heterocycles. The molecule has 1 aromatic rings. The quantitative estimate of drug-likeness (QED) is 0.869. The average Bonchev–Trinajstić information content (AvgIpc) is 2.69. The van der Waals surface area contributed by atoms with E-state index in [1.165, 1.54) is 43.2 Å². The van der Waals surface area contributed by atoms with E-state index in [1.807, 2.05) is 0 Å². The van der Waals surface area contributed by atoms with Crippen LogP contribution in [0.5, 0.6) is 0 Å². The van der Waals surface area contributed by atoms with Gasteiger partial charge in [0.25, 0.3) is 0 Å². The fourth-order valence-corrected chi connectivity index (χ4v) is 4.92. The summed E-state index contributed by atoms with van der Waals surface area (Å²) in [6, 6.07) is 7.25. The van der Waals surface area contributed by atoms with E-state index < -0.39 is 0 Å². The Kier molecular flexibility index (Phi) is 5.51. The Morgan fingerprint density at radius 2 is 1.81 bits per heavy atom. The molecule has 1 heterocycles. The third-order valence-electron chi connectivity index (χ3n) is 6.53. The van der Waals surface area contributed by atoms with Gasteiger partial charge in [0.2, 0.25) is 0 Å². The van der Waals surface area contributed by atoms with Crippen LogP contribution in [0, 0.1) is 0 Å². The third-order valence-corrected chi connectivity index (χ3v) is 6.53. The molecule has 4 rings (SSSR count). The van der Waals surface area contributed by atoms with Gasteiger partial charge in [-0.3, -0.25) is 4.90 Å². The molecular weight excluding hydrogens is 322 g/mol. The summed E-state index contributed by atoms with van der Waals surface area (Å²) in [5.41, 5.74) is 3.77. The molecule has 1 atom stereocenters. The number of nitrogens with zero attached hydrogens (tertiary/aromatic N) is 2. The first-order valence-electron chi connectivity index (χ1n) is 10.4. The highest BCUT2D eigenvalue weighted by Gasteiger charge is 2.26. The summed E-state index contributed by atoms with van der Waals surface area (Å²) in [6.07, 6.45) is 9.40. The highest BCUT2D eigenvalue weighted by atomic mass is 16.3. The molecule has 1 saturated carbocycles. The fourth-order valence-electron chi connectivity index (χ4n) is 4.92. The first-order chi connectivity index (χ1) is 12.7. The number of anilines is 1. The molecule has 0 amide bonds. The van der Waals surface area contributed by atoms with Gasteiger partial charge in [0.1, 0.15) is 0 Å². The summed E-state index contributed by atoms with van der Waals surface area (Å²) in [7, 11) is 0. The van der Waals surface area contributed by atoms with Crippen LogP contribution in [0.3, 0.4) is 0 Å². The second kappa shape index (κ2) is 8.01. The highest BCUT2D eigenvalue weighted by Crippen LogP contribution is 2.29. The number of aryl methyl sites for hydroxylation is 1. The van der Waals surface area contributed by atoms with Gasteiger partial charge in [-0.25, -0.2) is 0 Å². The summed E-state index contributed by atoms with van der Waals surface area (Å²) < 4.78 is 0. The van der Waals surface area contributed by atoms with Crippen LogP contribution in [-0.2, 0) is 12.8 Å². The van der Waals surface area contributed by atoms with Crippen LogP contribution in [0.4, 0.5) is 5.69 Å². The van der Waals surface area contributed by atoms with Crippen LogP contribution >= 0.6 is 0 Å². The molecule has 1 unspecified atom stereocenters. The molecule has 1 aromatic carbocycles. The predicted octanol–water partition coefficient (Wildman–Crippen LogP) is 3.37. The van der Waals surface area contributed by atoms with E-state index >= 15 is 0 Å². The first-order valence-corrected chi connectivity index (χ1v) is 10.4. The second-order valence-corrected chi connectivity index (χ2v) is 8.23. The van der Waals surface area contributed by atoms with Crippen molar-refractivity contribution in [2.75, 3.05) is 31.5 Å². The number of piperazine rings is 1. The third kappa shape index (κ3) is 3.91. The Balaban J connectivity index is 1.35. The number of benzene rings is 1. The topological polar surface area (TPSA) is 38.7 Å². The number of hydrogen-bond acceptors (Lipinski definition) is 4. The van der Waals surface area contributed by atoms with Gasteiger partial charge < -0.3 is 15.3 Å². The Morgan fingerprint density at radius 3 is 2.58 bits per heavy atom. The molecule has 0 radical (unpaired) electrons. The highest BCUT2D eigenvalue weighted by molar-refractivity contribution is 5.58. The zero-order valence-corrected chi connectivity index (χ0v) is 15.9. The van der Waals surface area contributed by atoms with E-state index in [0.29, 0.717) is 0 Å². The van der Waals surface area contributed by atoms with Gasteiger partial charge in [-0.1, -0.05) is 38.0 Å². The van der Waals surface area contributed by atoms with Gasteiger partial charge in [-0.15, -0.1) is 0 Å². The summed E-state index contributed by atoms with van der Waals surface area (Å²) >= 11 is 0. The second-order valence-electron chi connectivity index (χ2n) is 8.23. The summed E-state index contributed by atoms with van der Waals surface area (Å²) in [6.45, 7) is 8.72. The maximum Gasteiger partial charge on any atom is 0.0984 e. The van der Waals surface area contributed by atoms with Crippen LogP contribution in [0.25, 0.3) is 0 Å². The van der Waals surface area contributed by atoms with Gasteiger partial charge in [-0.05, 0) is 42.9 Å². The van der Waals surface area contributed by atoms with Gasteiger partial charge >= 0.3 is 0 Å². The Labute approximate surface area is 157 Å². The summed E-state index contributed by atoms with van der Waals surface area (Å²) in [5, 5.41) is 13.6. The Morgan fingerprint density at radius 1 is 1.04 bits per heavy atom. The van der Waals surface area contributed by atoms with Crippen LogP contribution in [0.2, 0.25) is 0 Å². The molecule has 4 nitrogen and oxygen atoms in total. The van der Waals surface area contributed by atoms with E-state index in [9.17, 15) is 5.11 Å². The van der Waals surface area contributed by atoms with E-state index in [2.05, 4.69) is 39.9 Å². The molecular formula is C22H33N3O. The molecule has 26 heavy (non-hydrogen) atoms. The van der Waals surface area contributed by atoms with Gasteiger partial charge in [0.05, 0.1) is 11.9 Å². The average molecular weight is 356 g/mol. The van der Waals surface area contributed by atoms with Crippen molar-refractivity contribution in [1.82, 2.24) is 9.80 Å². The van der Waals surface area contributed by atoms with Crippen LogP contribution in [0.15, 0.2) is 30.6 Å². The molecule has 2 N–H and O–H groups in total. The number of hydrogen-bond donors (Lipinski definition) is 2. The molecule has 0 bridgehead atoms. The Bertz CT molecular complexity index is 630. The minimum Gasteiger partial charge on any atom is -0.393 e. The van der Waals surface area contributed by atoms with Crippen molar-refractivity contribution in [1.29, 1.82) is 0 Å². The molecule has 2 fully saturated rings. The van der Waals surface area contributed by atoms with Crippen molar-refractivity contribution in [2.45, 2.75) is 63.5 Å². The zero-order chi connectivity index (χ0) is 17.9. The molecule has 1 aliphatic heterocycles. The number of aliphatic hydroxyl groups is 1. The van der Waals surface area contributed by atoms with Crippen molar-refractivity contribution >= 4 is 5.69 Å². The number of nitrogens with one attached hydrogen (secondary N) is 1. The normalized spacial score (nSPS) is 25.0. The lowest BCUT2D eigenvalue weighted by atomic mass is 9.88. The molecule has 3 aliphatic rings. The van der Waals surface area contributed by atoms with Gasteiger partial charge in [0.15, 0.2) is 0 Å². The van der Waals surface area contributed by atoms with Crippen molar-refractivity contribution < 1.29 is 5.11 Å². The van der Waals surface area contributed by atoms with E-state index in [-0.39, 0.29) is 6.10 Å². The predicted molar refractivity (Wildman–Crippen MR) is 107 cm³/mol. The molecule has 0 spiro atoms. The van der Waals surface area contributed by atoms with E-state index in [1.54, 1.807) is 0 Å². The fraction of sp³-hybridized carbons (Fsp3) is 0.636. The maximum absolute atomic E-state index is 10.1. The van der Waals surface area contributed by atoms with Crippen molar-refractivity contribution in [3.05, 3.63) is 41.7 Å². The SMILES string of the molecule is C=C(Nc1cccc2c1CC(O)CC2)N1CCN(C2CCCCC2)CC1. The Hall–Kier alpha value is -1.52. The van der Waals surface area contributed by atoms with Crippen LogP contribution < -0.4 is 5.32 Å². The number of fused-ring (bicyclic) bond motifs is 1. The maximum atomic E-state index is 10.1. The lowest BCUT2D eigenvalue weighted by Gasteiger charge is -2.42. The largest absolute Gasteiger partial charge is 0.393 e. The van der Waals surface area contributed by atoms with Gasteiger partial charge in [-0.2, -0.15) is 0 Å². The molecule has 2 aliphatic carbocycles. The summed E-state index contributed by atoms with van der Waals surface area (Å²) in [5.74, 6) is 1.00. The summed E-state index contributed by atoms with van der Waals surface area (Å²) in [4.78, 5) is 5.08. The standard InChI is InChI=1S/C22H33N3O/c1-17(23-22-9-5-6-18-10-11-20(26)16-21(18)22)24-12-14-25(15-13-24)19-7-3-2-4-8-19/h5-6,9,19-20,23,26H,1-4,7-8,10-16H2. The smallest absolute Gasteiger partial charge is 0.0984 e. The number of aliphatic hydroxyl groups excluding tert-OH is 1. The first kappa shape index (κ1) is 17.9. The number of rotatable bonds is 4.